The standard InChI is InChI=1S/C28H36N4O5S/c1-4-31(5-2)38(36,37)25-12-8-23(9-13-25)29-27(34)21-14-16-30(17-15-21)28(35)22-18-26(33)32(19-22)24-10-6-20(3)7-11-24/h6-13,21-22H,4-5,14-19H2,1-3H3,(H,29,34). The number of rotatable bonds is 8. The van der Waals surface area contributed by atoms with Crippen molar-refractivity contribution in [3.8, 4) is 0 Å². The maximum absolute atomic E-state index is 13.1. The molecular weight excluding hydrogens is 504 g/mol. The zero-order valence-electron chi connectivity index (χ0n) is 22.2. The summed E-state index contributed by atoms with van der Waals surface area (Å²) in [7, 11) is -3.55. The van der Waals surface area contributed by atoms with Gasteiger partial charge in [0.2, 0.25) is 27.7 Å². The van der Waals surface area contributed by atoms with Crippen LogP contribution in [-0.2, 0) is 24.4 Å². The number of piperidine rings is 1. The molecule has 1 unspecified atom stereocenters. The first-order valence-electron chi connectivity index (χ1n) is 13.2. The van der Waals surface area contributed by atoms with Crippen molar-refractivity contribution >= 4 is 39.1 Å². The number of likely N-dealkylation sites (tertiary alicyclic amines) is 1. The molecule has 2 fully saturated rings. The highest BCUT2D eigenvalue weighted by Crippen LogP contribution is 2.29. The van der Waals surface area contributed by atoms with E-state index < -0.39 is 10.0 Å². The average molecular weight is 541 g/mol. The number of nitrogens with one attached hydrogen (secondary N) is 1. The van der Waals surface area contributed by atoms with Crippen LogP contribution in [0.4, 0.5) is 11.4 Å². The van der Waals surface area contributed by atoms with E-state index in [1.807, 2.05) is 31.2 Å². The molecule has 0 radical (unpaired) electrons. The lowest BCUT2D eigenvalue weighted by Crippen LogP contribution is -2.44. The zero-order valence-corrected chi connectivity index (χ0v) is 23.0. The maximum atomic E-state index is 13.1. The van der Waals surface area contributed by atoms with Crippen LogP contribution in [0.15, 0.2) is 53.4 Å². The van der Waals surface area contributed by atoms with Crippen LogP contribution in [0.3, 0.4) is 0 Å². The molecule has 2 saturated heterocycles. The summed E-state index contributed by atoms with van der Waals surface area (Å²) in [6, 6.07) is 13.9. The SMILES string of the molecule is CCN(CC)S(=O)(=O)c1ccc(NC(=O)C2CCN(C(=O)C3CC(=O)N(c4ccc(C)cc4)C3)CC2)cc1. The van der Waals surface area contributed by atoms with Gasteiger partial charge < -0.3 is 15.1 Å². The molecular formula is C28H36N4O5S. The van der Waals surface area contributed by atoms with E-state index in [9.17, 15) is 22.8 Å². The van der Waals surface area contributed by atoms with Crippen LogP contribution >= 0.6 is 0 Å². The van der Waals surface area contributed by atoms with Gasteiger partial charge in [-0.15, -0.1) is 0 Å². The van der Waals surface area contributed by atoms with Crippen molar-refractivity contribution < 1.29 is 22.8 Å². The third kappa shape index (κ3) is 5.91. The number of amides is 3. The van der Waals surface area contributed by atoms with Crippen LogP contribution in [0.25, 0.3) is 0 Å². The van der Waals surface area contributed by atoms with Gasteiger partial charge in [-0.1, -0.05) is 31.5 Å². The average Bonchev–Trinajstić information content (AvgIpc) is 3.31. The Labute approximate surface area is 224 Å². The molecule has 0 spiro atoms. The molecule has 0 aliphatic carbocycles. The molecule has 3 amide bonds. The minimum atomic E-state index is -3.55. The Balaban J connectivity index is 1.29. The van der Waals surface area contributed by atoms with Crippen LogP contribution in [0.5, 0.6) is 0 Å². The van der Waals surface area contributed by atoms with Crippen molar-refractivity contribution in [2.75, 3.05) is 42.9 Å². The first-order chi connectivity index (χ1) is 18.1. The normalized spacial score (nSPS) is 18.7. The highest BCUT2D eigenvalue weighted by molar-refractivity contribution is 7.89. The molecule has 2 aliphatic heterocycles. The summed E-state index contributed by atoms with van der Waals surface area (Å²) in [5, 5.41) is 2.88. The zero-order chi connectivity index (χ0) is 27.4. The molecule has 2 heterocycles. The molecule has 1 N–H and O–H groups in total. The Hall–Kier alpha value is -3.24. The summed E-state index contributed by atoms with van der Waals surface area (Å²) >= 11 is 0. The van der Waals surface area contributed by atoms with Gasteiger partial charge in [0.05, 0.1) is 10.8 Å². The number of aryl methyl sites for hydroxylation is 1. The summed E-state index contributed by atoms with van der Waals surface area (Å²) in [6.45, 7) is 7.66. The highest BCUT2D eigenvalue weighted by Gasteiger charge is 2.38. The van der Waals surface area contributed by atoms with Crippen molar-refractivity contribution in [1.82, 2.24) is 9.21 Å². The quantitative estimate of drug-likeness (QED) is 0.553. The Morgan fingerprint density at radius 3 is 2.13 bits per heavy atom. The van der Waals surface area contributed by atoms with Crippen molar-refractivity contribution in [2.24, 2.45) is 11.8 Å². The summed E-state index contributed by atoms with van der Waals surface area (Å²) < 4.78 is 26.7. The predicted molar refractivity (Wildman–Crippen MR) is 146 cm³/mol. The van der Waals surface area contributed by atoms with Crippen molar-refractivity contribution in [2.45, 2.75) is 44.9 Å². The molecule has 2 aliphatic rings. The predicted octanol–water partition coefficient (Wildman–Crippen LogP) is 3.26. The molecule has 2 aromatic carbocycles. The van der Waals surface area contributed by atoms with Crippen LogP contribution in [-0.4, -0.2) is 68.1 Å². The monoisotopic (exact) mass is 540 g/mol. The third-order valence-corrected chi connectivity index (χ3v) is 9.53. The Bertz CT molecular complexity index is 1270. The molecule has 0 bridgehead atoms. The van der Waals surface area contributed by atoms with Gasteiger partial charge in [0.15, 0.2) is 0 Å². The number of sulfonamides is 1. The minimum absolute atomic E-state index is 0.0307. The van der Waals surface area contributed by atoms with Gasteiger partial charge >= 0.3 is 0 Å². The number of anilines is 2. The molecule has 0 saturated carbocycles. The second kappa shape index (κ2) is 11.7. The molecule has 2 aromatic rings. The minimum Gasteiger partial charge on any atom is -0.342 e. The van der Waals surface area contributed by atoms with Crippen LogP contribution in [0.1, 0.15) is 38.7 Å². The largest absolute Gasteiger partial charge is 0.342 e. The first kappa shape index (κ1) is 27.8. The van der Waals surface area contributed by atoms with Crippen LogP contribution < -0.4 is 10.2 Å². The number of carbonyl (C=O) groups is 3. The molecule has 204 valence electrons. The molecule has 1 atom stereocenters. The fraction of sp³-hybridized carbons (Fsp3) is 0.464. The second-order valence-electron chi connectivity index (χ2n) is 9.94. The van der Waals surface area contributed by atoms with E-state index >= 15 is 0 Å². The van der Waals surface area contributed by atoms with Gasteiger partial charge in [-0.05, 0) is 56.2 Å². The highest BCUT2D eigenvalue weighted by atomic mass is 32.2. The van der Waals surface area contributed by atoms with E-state index in [0.29, 0.717) is 51.3 Å². The fourth-order valence-electron chi connectivity index (χ4n) is 5.13. The van der Waals surface area contributed by atoms with Crippen LogP contribution in [0.2, 0.25) is 0 Å². The van der Waals surface area contributed by atoms with E-state index in [4.69, 9.17) is 0 Å². The second-order valence-corrected chi connectivity index (χ2v) is 11.9. The lowest BCUT2D eigenvalue weighted by Gasteiger charge is -2.33. The number of benzene rings is 2. The smallest absolute Gasteiger partial charge is 0.243 e. The molecule has 9 nitrogen and oxygen atoms in total. The van der Waals surface area contributed by atoms with Crippen molar-refractivity contribution in [3.63, 3.8) is 0 Å². The van der Waals surface area contributed by atoms with Crippen molar-refractivity contribution in [1.29, 1.82) is 0 Å². The number of nitrogens with zero attached hydrogens (tertiary/aromatic N) is 3. The van der Waals surface area contributed by atoms with Gasteiger partial charge in [0, 0.05) is 56.4 Å². The Kier molecular flexibility index (Phi) is 8.52. The van der Waals surface area contributed by atoms with E-state index in [1.165, 1.54) is 16.4 Å². The molecule has 10 heteroatoms. The summed E-state index contributed by atoms with van der Waals surface area (Å²) in [5.41, 5.74) is 2.46. The molecule has 38 heavy (non-hydrogen) atoms. The van der Waals surface area contributed by atoms with Gasteiger partial charge in [0.25, 0.3) is 0 Å². The van der Waals surface area contributed by atoms with E-state index in [1.54, 1.807) is 35.8 Å². The lowest BCUT2D eigenvalue weighted by molar-refractivity contribution is -0.138. The number of carbonyl (C=O) groups excluding carboxylic acids is 3. The lowest BCUT2D eigenvalue weighted by atomic mass is 9.94. The number of hydrogen-bond acceptors (Lipinski definition) is 5. The van der Waals surface area contributed by atoms with Gasteiger partial charge in [0.1, 0.15) is 0 Å². The van der Waals surface area contributed by atoms with Gasteiger partial charge in [-0.25, -0.2) is 8.42 Å². The molecule has 0 aromatic heterocycles. The topological polar surface area (TPSA) is 107 Å². The van der Waals surface area contributed by atoms with Gasteiger partial charge in [-0.3, -0.25) is 14.4 Å². The molecule has 4 rings (SSSR count). The maximum Gasteiger partial charge on any atom is 0.243 e. The van der Waals surface area contributed by atoms with E-state index in [0.717, 1.165) is 11.3 Å². The summed E-state index contributed by atoms with van der Waals surface area (Å²) in [6.07, 6.45) is 1.27. The number of hydrogen-bond donors (Lipinski definition) is 1. The Morgan fingerprint density at radius 1 is 0.947 bits per heavy atom. The fourth-order valence-corrected chi connectivity index (χ4v) is 6.59. The van der Waals surface area contributed by atoms with Gasteiger partial charge in [-0.2, -0.15) is 4.31 Å². The van der Waals surface area contributed by atoms with E-state index in [-0.39, 0.29) is 40.9 Å². The van der Waals surface area contributed by atoms with Crippen LogP contribution in [0, 0.1) is 18.8 Å². The van der Waals surface area contributed by atoms with E-state index in [2.05, 4.69) is 5.32 Å². The van der Waals surface area contributed by atoms with Crippen molar-refractivity contribution in [3.05, 3.63) is 54.1 Å². The summed E-state index contributed by atoms with van der Waals surface area (Å²) in [4.78, 5) is 42.2. The first-order valence-corrected chi connectivity index (χ1v) is 14.6. The Morgan fingerprint density at radius 2 is 1.55 bits per heavy atom. The third-order valence-electron chi connectivity index (χ3n) is 7.46. The summed E-state index contributed by atoms with van der Waals surface area (Å²) in [5.74, 6) is -0.833.